The number of hydrogen-bond donors (Lipinski definition) is 2. The van der Waals surface area contributed by atoms with Crippen molar-refractivity contribution in [1.29, 1.82) is 0 Å². The highest BCUT2D eigenvalue weighted by molar-refractivity contribution is 6.30. The van der Waals surface area contributed by atoms with Crippen LogP contribution in [0, 0.1) is 11.8 Å². The van der Waals surface area contributed by atoms with E-state index in [1.165, 1.54) is 0 Å². The summed E-state index contributed by atoms with van der Waals surface area (Å²) in [4.78, 5) is 50.2. The Morgan fingerprint density at radius 1 is 0.979 bits per heavy atom. The van der Waals surface area contributed by atoms with Crippen LogP contribution in [0.4, 0.5) is 5.69 Å². The molecule has 1 aromatic heterocycles. The number of piperidine rings is 1. The standard InChI is InChI=1S/C39H46ClN5O3/c1-43(2)25-29-20-30-22-32(40)13-14-36(30)45(26-29)39(48)35(23-31-24-41-34-11-7-6-10-33(31)34)42-37(46)15-12-27-16-18-44(19-17-27)38(47)21-28-8-4-3-5-9-28/h3-11,13-14,22,24,27,29,35,41H,12,15-21,23,25-26H2,1-2H3,(H,42,46)/t29-,35+/m0/s1. The number of carbonyl (C=O) groups is 3. The number of carbonyl (C=O) groups excluding carboxylic acids is 3. The number of hydrogen-bond acceptors (Lipinski definition) is 4. The van der Waals surface area contributed by atoms with Crippen molar-refractivity contribution in [2.75, 3.05) is 45.2 Å². The lowest BCUT2D eigenvalue weighted by Crippen LogP contribution is -2.53. The van der Waals surface area contributed by atoms with Crippen molar-refractivity contribution in [1.82, 2.24) is 20.1 Å². The van der Waals surface area contributed by atoms with Crippen molar-refractivity contribution in [2.24, 2.45) is 11.8 Å². The number of rotatable bonds is 11. The Kier molecular flexibility index (Phi) is 10.8. The maximum absolute atomic E-state index is 14.5. The average Bonchev–Trinajstić information content (AvgIpc) is 3.49. The van der Waals surface area contributed by atoms with E-state index >= 15 is 0 Å². The highest BCUT2D eigenvalue weighted by Crippen LogP contribution is 2.33. The Balaban J connectivity index is 1.13. The van der Waals surface area contributed by atoms with Crippen LogP contribution in [-0.4, -0.2) is 78.8 Å². The summed E-state index contributed by atoms with van der Waals surface area (Å²) in [5.74, 6) is 0.542. The third kappa shape index (κ3) is 8.28. The zero-order chi connectivity index (χ0) is 33.6. The minimum absolute atomic E-state index is 0.106. The first kappa shape index (κ1) is 33.7. The highest BCUT2D eigenvalue weighted by atomic mass is 35.5. The van der Waals surface area contributed by atoms with Crippen LogP contribution in [0.25, 0.3) is 10.9 Å². The summed E-state index contributed by atoms with van der Waals surface area (Å²) < 4.78 is 0. The second-order valence-electron chi connectivity index (χ2n) is 13.8. The van der Waals surface area contributed by atoms with Gasteiger partial charge in [0.15, 0.2) is 0 Å². The summed E-state index contributed by atoms with van der Waals surface area (Å²) in [5.41, 5.74) is 4.95. The van der Waals surface area contributed by atoms with E-state index in [0.29, 0.717) is 49.8 Å². The summed E-state index contributed by atoms with van der Waals surface area (Å²) in [6.45, 7) is 2.84. The summed E-state index contributed by atoms with van der Waals surface area (Å²) >= 11 is 6.40. The van der Waals surface area contributed by atoms with Crippen molar-refractivity contribution in [2.45, 2.75) is 51.0 Å². The van der Waals surface area contributed by atoms with Gasteiger partial charge in [0.2, 0.25) is 17.7 Å². The number of nitrogens with zero attached hydrogens (tertiary/aromatic N) is 3. The molecule has 0 spiro atoms. The minimum Gasteiger partial charge on any atom is -0.361 e. The third-order valence-electron chi connectivity index (χ3n) is 9.85. The first-order valence-electron chi connectivity index (χ1n) is 17.1. The van der Waals surface area contributed by atoms with E-state index < -0.39 is 6.04 Å². The van der Waals surface area contributed by atoms with Crippen molar-refractivity contribution < 1.29 is 14.4 Å². The number of likely N-dealkylation sites (tertiary alicyclic amines) is 1. The topological polar surface area (TPSA) is 88.8 Å². The molecular weight excluding hydrogens is 622 g/mol. The molecule has 0 saturated carbocycles. The Bertz CT molecular complexity index is 1730. The normalized spacial score (nSPS) is 17.4. The molecule has 1 saturated heterocycles. The van der Waals surface area contributed by atoms with Crippen molar-refractivity contribution >= 4 is 45.9 Å². The van der Waals surface area contributed by atoms with Crippen LogP contribution in [0.3, 0.4) is 0 Å². The number of halogens is 1. The number of para-hydroxylation sites is 1. The Morgan fingerprint density at radius 3 is 2.50 bits per heavy atom. The minimum atomic E-state index is -0.726. The second-order valence-corrected chi connectivity index (χ2v) is 14.2. The molecule has 2 atom stereocenters. The smallest absolute Gasteiger partial charge is 0.249 e. The SMILES string of the molecule is CN(C)C[C@@H]1Cc2cc(Cl)ccc2N(C(=O)[C@@H](Cc2c[nH]c3ccccc23)NC(=O)CCC2CCN(C(=O)Cc3ccccc3)CC2)C1. The van der Waals surface area contributed by atoms with E-state index in [1.54, 1.807) is 0 Å². The number of aromatic amines is 1. The van der Waals surface area contributed by atoms with Crippen LogP contribution in [0.1, 0.15) is 42.4 Å². The number of nitrogens with one attached hydrogen (secondary N) is 2. The molecule has 0 aliphatic carbocycles. The van der Waals surface area contributed by atoms with Crippen molar-refractivity contribution in [3.8, 4) is 0 Å². The number of fused-ring (bicyclic) bond motifs is 2. The lowest BCUT2D eigenvalue weighted by atomic mass is 9.90. The zero-order valence-electron chi connectivity index (χ0n) is 28.0. The summed E-state index contributed by atoms with van der Waals surface area (Å²) in [6.07, 6.45) is 6.43. The molecule has 252 valence electrons. The molecule has 8 nitrogen and oxygen atoms in total. The summed E-state index contributed by atoms with van der Waals surface area (Å²) in [7, 11) is 4.10. The van der Waals surface area contributed by atoms with E-state index in [-0.39, 0.29) is 23.6 Å². The van der Waals surface area contributed by atoms with Gasteiger partial charge in [-0.25, -0.2) is 0 Å². The molecule has 0 radical (unpaired) electrons. The molecule has 0 unspecified atom stereocenters. The van der Waals surface area contributed by atoms with Gasteiger partial charge >= 0.3 is 0 Å². The number of anilines is 1. The predicted molar refractivity (Wildman–Crippen MR) is 192 cm³/mol. The van der Waals surface area contributed by atoms with Gasteiger partial charge in [-0.1, -0.05) is 60.1 Å². The van der Waals surface area contributed by atoms with Crippen LogP contribution in [0.15, 0.2) is 79.0 Å². The summed E-state index contributed by atoms with van der Waals surface area (Å²) in [6, 6.07) is 22.9. The fraction of sp³-hybridized carbons (Fsp3) is 0.410. The second kappa shape index (κ2) is 15.4. The Morgan fingerprint density at radius 2 is 1.73 bits per heavy atom. The van der Waals surface area contributed by atoms with E-state index in [2.05, 4.69) is 15.2 Å². The molecule has 3 heterocycles. The van der Waals surface area contributed by atoms with Crippen LogP contribution in [0.5, 0.6) is 0 Å². The third-order valence-corrected chi connectivity index (χ3v) is 10.1. The summed E-state index contributed by atoms with van der Waals surface area (Å²) in [5, 5.41) is 4.87. The molecule has 2 aliphatic heterocycles. The van der Waals surface area contributed by atoms with Crippen LogP contribution >= 0.6 is 11.6 Å². The highest BCUT2D eigenvalue weighted by Gasteiger charge is 2.34. The Hall–Kier alpha value is -4.14. The molecule has 3 aromatic carbocycles. The van der Waals surface area contributed by atoms with E-state index in [9.17, 15) is 14.4 Å². The van der Waals surface area contributed by atoms with Gasteiger partial charge in [0.05, 0.1) is 6.42 Å². The number of amides is 3. The molecule has 3 amide bonds. The monoisotopic (exact) mass is 667 g/mol. The molecule has 48 heavy (non-hydrogen) atoms. The van der Waals surface area contributed by atoms with Crippen LogP contribution < -0.4 is 10.2 Å². The van der Waals surface area contributed by atoms with Gasteiger partial charge in [-0.2, -0.15) is 0 Å². The maximum atomic E-state index is 14.5. The molecule has 9 heteroatoms. The zero-order valence-corrected chi connectivity index (χ0v) is 28.7. The quantitative estimate of drug-likeness (QED) is 0.209. The first-order valence-corrected chi connectivity index (χ1v) is 17.5. The molecular formula is C39H46ClN5O3. The average molecular weight is 668 g/mol. The number of H-pyrrole nitrogens is 1. The van der Waals surface area contributed by atoms with E-state index in [4.69, 9.17) is 11.6 Å². The van der Waals surface area contributed by atoms with Gasteiger partial charge in [0.25, 0.3) is 0 Å². The molecule has 2 aliphatic rings. The number of benzene rings is 3. The molecule has 6 rings (SSSR count). The van der Waals surface area contributed by atoms with Gasteiger partial charge in [-0.05, 0) is 92.6 Å². The Labute approximate surface area is 288 Å². The lowest BCUT2D eigenvalue weighted by molar-refractivity contribution is -0.132. The lowest BCUT2D eigenvalue weighted by Gasteiger charge is -2.37. The van der Waals surface area contributed by atoms with Crippen molar-refractivity contribution in [3.63, 3.8) is 0 Å². The fourth-order valence-electron chi connectivity index (χ4n) is 7.42. The largest absolute Gasteiger partial charge is 0.361 e. The van der Waals surface area contributed by atoms with Gasteiger partial charge in [-0.15, -0.1) is 0 Å². The molecule has 2 N–H and O–H groups in total. The molecule has 4 aromatic rings. The van der Waals surface area contributed by atoms with Gasteiger partial charge in [0, 0.05) is 66.8 Å². The molecule has 1 fully saturated rings. The number of aromatic nitrogens is 1. The first-order chi connectivity index (χ1) is 23.2. The maximum Gasteiger partial charge on any atom is 0.249 e. The van der Waals surface area contributed by atoms with Gasteiger partial charge in [0.1, 0.15) is 6.04 Å². The van der Waals surface area contributed by atoms with Crippen molar-refractivity contribution in [3.05, 3.63) is 101 Å². The van der Waals surface area contributed by atoms with E-state index in [1.807, 2.05) is 103 Å². The predicted octanol–water partition coefficient (Wildman–Crippen LogP) is 5.88. The van der Waals surface area contributed by atoms with Crippen LogP contribution in [-0.2, 0) is 33.6 Å². The molecule has 0 bridgehead atoms. The van der Waals surface area contributed by atoms with Crippen LogP contribution in [0.2, 0.25) is 5.02 Å². The van der Waals surface area contributed by atoms with E-state index in [0.717, 1.165) is 65.5 Å². The fourth-order valence-corrected chi connectivity index (χ4v) is 7.62. The van der Waals surface area contributed by atoms with Gasteiger partial charge < -0.3 is 25.0 Å². The van der Waals surface area contributed by atoms with Gasteiger partial charge in [-0.3, -0.25) is 14.4 Å².